The van der Waals surface area contributed by atoms with Crippen molar-refractivity contribution in [2.24, 2.45) is 0 Å². The summed E-state index contributed by atoms with van der Waals surface area (Å²) in [7, 11) is 0. The molecule has 2 heterocycles. The van der Waals surface area contributed by atoms with Crippen molar-refractivity contribution in [2.45, 2.75) is 18.3 Å². The number of anilines is 1. The third-order valence-corrected chi connectivity index (χ3v) is 4.46. The quantitative estimate of drug-likeness (QED) is 0.778. The van der Waals surface area contributed by atoms with Crippen molar-refractivity contribution < 1.29 is 0 Å². The fraction of sp³-hybridized carbons (Fsp3) is 0.545. The Kier molecular flexibility index (Phi) is 3.92. The van der Waals surface area contributed by atoms with E-state index in [2.05, 4.69) is 44.9 Å². The first kappa shape index (κ1) is 11.3. The SMILES string of the molecule is CC1CSCCN1c1ccc(CBr)cn1. The maximum Gasteiger partial charge on any atom is 0.128 e. The third-order valence-electron chi connectivity index (χ3n) is 2.63. The first-order valence-electron chi connectivity index (χ1n) is 5.16. The van der Waals surface area contributed by atoms with Crippen LogP contribution in [-0.2, 0) is 5.33 Å². The molecule has 1 aliphatic rings. The molecule has 1 saturated heterocycles. The van der Waals surface area contributed by atoms with Crippen molar-refractivity contribution >= 4 is 33.5 Å². The van der Waals surface area contributed by atoms with Crippen LogP contribution in [0.5, 0.6) is 0 Å². The van der Waals surface area contributed by atoms with E-state index in [0.717, 1.165) is 17.7 Å². The van der Waals surface area contributed by atoms with Gasteiger partial charge in [0.2, 0.25) is 0 Å². The minimum absolute atomic E-state index is 0.603. The lowest BCUT2D eigenvalue weighted by molar-refractivity contribution is 0.689. The van der Waals surface area contributed by atoms with Crippen LogP contribution in [0.4, 0.5) is 5.82 Å². The van der Waals surface area contributed by atoms with Gasteiger partial charge in [0.1, 0.15) is 5.82 Å². The summed E-state index contributed by atoms with van der Waals surface area (Å²) >= 11 is 5.47. The van der Waals surface area contributed by atoms with Crippen molar-refractivity contribution in [1.29, 1.82) is 0 Å². The highest BCUT2D eigenvalue weighted by Crippen LogP contribution is 2.22. The Balaban J connectivity index is 2.13. The molecule has 0 bridgehead atoms. The Morgan fingerprint density at radius 1 is 1.60 bits per heavy atom. The molecule has 2 rings (SSSR count). The van der Waals surface area contributed by atoms with Crippen LogP contribution in [0.25, 0.3) is 0 Å². The highest BCUT2D eigenvalue weighted by molar-refractivity contribution is 9.08. The molecule has 82 valence electrons. The molecule has 15 heavy (non-hydrogen) atoms. The molecule has 0 spiro atoms. The highest BCUT2D eigenvalue weighted by Gasteiger charge is 2.19. The van der Waals surface area contributed by atoms with Gasteiger partial charge in [0.25, 0.3) is 0 Å². The van der Waals surface area contributed by atoms with E-state index in [1.807, 2.05) is 18.0 Å². The van der Waals surface area contributed by atoms with Crippen LogP contribution in [0, 0.1) is 0 Å². The molecule has 2 nitrogen and oxygen atoms in total. The summed E-state index contributed by atoms with van der Waals surface area (Å²) in [5.74, 6) is 3.54. The molecular weight excluding hydrogens is 272 g/mol. The summed E-state index contributed by atoms with van der Waals surface area (Å²) < 4.78 is 0. The maximum atomic E-state index is 4.51. The van der Waals surface area contributed by atoms with Crippen molar-refractivity contribution in [3.8, 4) is 0 Å². The van der Waals surface area contributed by atoms with E-state index < -0.39 is 0 Å². The molecule has 0 amide bonds. The Hall–Kier alpha value is -0.220. The zero-order valence-electron chi connectivity index (χ0n) is 8.82. The van der Waals surface area contributed by atoms with Crippen molar-refractivity contribution in [1.82, 2.24) is 4.98 Å². The van der Waals surface area contributed by atoms with Gasteiger partial charge in [0, 0.05) is 35.6 Å². The molecule has 1 aromatic heterocycles. The molecule has 0 aliphatic carbocycles. The number of hydrogen-bond acceptors (Lipinski definition) is 3. The number of aromatic nitrogens is 1. The topological polar surface area (TPSA) is 16.1 Å². The Morgan fingerprint density at radius 2 is 2.47 bits per heavy atom. The molecule has 0 radical (unpaired) electrons. The molecule has 0 aromatic carbocycles. The maximum absolute atomic E-state index is 4.51. The second-order valence-electron chi connectivity index (χ2n) is 3.78. The van der Waals surface area contributed by atoms with Crippen molar-refractivity contribution in [3.63, 3.8) is 0 Å². The van der Waals surface area contributed by atoms with Gasteiger partial charge in [-0.1, -0.05) is 22.0 Å². The number of alkyl halides is 1. The molecule has 4 heteroatoms. The average molecular weight is 287 g/mol. The van der Waals surface area contributed by atoms with E-state index >= 15 is 0 Å². The van der Waals surface area contributed by atoms with Gasteiger partial charge in [-0.05, 0) is 18.6 Å². The number of rotatable bonds is 2. The van der Waals surface area contributed by atoms with Gasteiger partial charge in [-0.2, -0.15) is 11.8 Å². The minimum Gasteiger partial charge on any atom is -0.352 e. The van der Waals surface area contributed by atoms with E-state index in [1.165, 1.54) is 17.1 Å². The lowest BCUT2D eigenvalue weighted by Gasteiger charge is -2.34. The van der Waals surface area contributed by atoms with Gasteiger partial charge in [0.05, 0.1) is 0 Å². The Morgan fingerprint density at radius 3 is 3.07 bits per heavy atom. The number of hydrogen-bond donors (Lipinski definition) is 0. The zero-order valence-corrected chi connectivity index (χ0v) is 11.2. The lowest BCUT2D eigenvalue weighted by Crippen LogP contribution is -2.40. The van der Waals surface area contributed by atoms with Gasteiger partial charge in [0.15, 0.2) is 0 Å². The van der Waals surface area contributed by atoms with Crippen LogP contribution in [-0.4, -0.2) is 29.1 Å². The highest BCUT2D eigenvalue weighted by atomic mass is 79.9. The standard InChI is InChI=1S/C11H15BrN2S/c1-9-8-15-5-4-14(9)11-3-2-10(6-12)7-13-11/h2-3,7,9H,4-6,8H2,1H3. The fourth-order valence-corrected chi connectivity index (χ4v) is 3.08. The van der Waals surface area contributed by atoms with Crippen LogP contribution in [0.2, 0.25) is 0 Å². The third kappa shape index (κ3) is 2.67. The Bertz CT molecular complexity index is 315. The van der Waals surface area contributed by atoms with Gasteiger partial charge in [-0.25, -0.2) is 4.98 Å². The van der Waals surface area contributed by atoms with Crippen LogP contribution in [0.3, 0.4) is 0 Å². The lowest BCUT2D eigenvalue weighted by atomic mass is 10.2. The van der Waals surface area contributed by atoms with E-state index in [9.17, 15) is 0 Å². The van der Waals surface area contributed by atoms with Crippen molar-refractivity contribution in [2.75, 3.05) is 23.0 Å². The summed E-state index contributed by atoms with van der Waals surface area (Å²) in [4.78, 5) is 6.91. The number of halogens is 1. The predicted molar refractivity (Wildman–Crippen MR) is 71.0 cm³/mol. The van der Waals surface area contributed by atoms with E-state index in [1.54, 1.807) is 0 Å². The van der Waals surface area contributed by atoms with Gasteiger partial charge in [-0.3, -0.25) is 0 Å². The Labute approximate surface area is 104 Å². The number of thioether (sulfide) groups is 1. The first-order chi connectivity index (χ1) is 7.31. The fourth-order valence-electron chi connectivity index (χ4n) is 1.73. The number of nitrogens with zero attached hydrogens (tertiary/aromatic N) is 2. The van der Waals surface area contributed by atoms with Crippen molar-refractivity contribution in [3.05, 3.63) is 23.9 Å². The molecule has 0 saturated carbocycles. The summed E-state index contributed by atoms with van der Waals surface area (Å²) in [6.07, 6.45) is 1.96. The monoisotopic (exact) mass is 286 g/mol. The van der Waals surface area contributed by atoms with Crippen LogP contribution < -0.4 is 4.90 Å². The first-order valence-corrected chi connectivity index (χ1v) is 7.44. The summed E-state index contributed by atoms with van der Waals surface area (Å²) in [5.41, 5.74) is 1.23. The second-order valence-corrected chi connectivity index (χ2v) is 5.49. The molecule has 1 aromatic rings. The average Bonchev–Trinajstić information content (AvgIpc) is 2.30. The van der Waals surface area contributed by atoms with E-state index in [-0.39, 0.29) is 0 Å². The largest absolute Gasteiger partial charge is 0.352 e. The molecule has 0 N–H and O–H groups in total. The molecule has 1 aliphatic heterocycles. The van der Waals surface area contributed by atoms with Gasteiger partial charge in [-0.15, -0.1) is 0 Å². The van der Waals surface area contributed by atoms with E-state index in [0.29, 0.717) is 6.04 Å². The van der Waals surface area contributed by atoms with Crippen LogP contribution >= 0.6 is 27.7 Å². The molecule has 1 atom stereocenters. The summed E-state index contributed by atoms with van der Waals surface area (Å²) in [6.45, 7) is 3.39. The molecule has 1 unspecified atom stereocenters. The van der Waals surface area contributed by atoms with Crippen LogP contribution in [0.15, 0.2) is 18.3 Å². The summed E-state index contributed by atoms with van der Waals surface area (Å²) in [6, 6.07) is 4.88. The van der Waals surface area contributed by atoms with Crippen LogP contribution in [0.1, 0.15) is 12.5 Å². The normalized spacial score (nSPS) is 21.7. The van der Waals surface area contributed by atoms with E-state index in [4.69, 9.17) is 0 Å². The smallest absolute Gasteiger partial charge is 0.128 e. The molecule has 1 fully saturated rings. The predicted octanol–water partition coefficient (Wildman–Crippen LogP) is 2.92. The van der Waals surface area contributed by atoms with Gasteiger partial charge < -0.3 is 4.90 Å². The second kappa shape index (κ2) is 5.21. The van der Waals surface area contributed by atoms with Gasteiger partial charge >= 0.3 is 0 Å². The summed E-state index contributed by atoms with van der Waals surface area (Å²) in [5, 5.41) is 0.881. The minimum atomic E-state index is 0.603. The number of pyridine rings is 1. The zero-order chi connectivity index (χ0) is 10.7. The molecular formula is C11H15BrN2S.